The zero-order chi connectivity index (χ0) is 12.9. The van der Waals surface area contributed by atoms with Crippen molar-refractivity contribution in [2.24, 2.45) is 16.7 Å². The van der Waals surface area contributed by atoms with Gasteiger partial charge in [0.15, 0.2) is 0 Å². The summed E-state index contributed by atoms with van der Waals surface area (Å²) in [5.74, 6) is 7.34. The first-order chi connectivity index (χ1) is 7.85. The Morgan fingerprint density at radius 3 is 2.71 bits per heavy atom. The number of hydrogen-bond acceptors (Lipinski definition) is 1. The zero-order valence-electron chi connectivity index (χ0n) is 11.8. The van der Waals surface area contributed by atoms with E-state index in [1.54, 1.807) is 0 Å². The van der Waals surface area contributed by atoms with Gasteiger partial charge in [-0.25, -0.2) is 0 Å². The maximum Gasteiger partial charge on any atom is 0.120 e. The summed E-state index contributed by atoms with van der Waals surface area (Å²) in [6.07, 6.45) is 7.73. The van der Waals surface area contributed by atoms with Crippen molar-refractivity contribution in [2.45, 2.75) is 66.2 Å². The van der Waals surface area contributed by atoms with Gasteiger partial charge in [-0.3, -0.25) is 0 Å². The summed E-state index contributed by atoms with van der Waals surface area (Å²) in [5, 5.41) is 0. The van der Waals surface area contributed by atoms with Crippen LogP contribution in [0.25, 0.3) is 0 Å². The normalized spacial score (nSPS) is 29.3. The van der Waals surface area contributed by atoms with Gasteiger partial charge in [0, 0.05) is 18.3 Å². The van der Waals surface area contributed by atoms with E-state index in [0.717, 1.165) is 19.1 Å². The molecule has 1 rings (SSSR count). The van der Waals surface area contributed by atoms with Crippen LogP contribution < -0.4 is 0 Å². The maximum atomic E-state index is 10.7. The highest BCUT2D eigenvalue weighted by molar-refractivity contribution is 5.50. The number of aldehydes is 1. The molecule has 17 heavy (non-hydrogen) atoms. The van der Waals surface area contributed by atoms with Crippen LogP contribution in [0.5, 0.6) is 0 Å². The molecule has 1 fully saturated rings. The average molecular weight is 234 g/mol. The number of carbonyl (C=O) groups excluding carboxylic acids is 1. The monoisotopic (exact) mass is 234 g/mol. The molecule has 0 spiro atoms. The second-order valence-corrected chi connectivity index (χ2v) is 6.90. The Balaban J connectivity index is 2.49. The van der Waals surface area contributed by atoms with Crippen molar-refractivity contribution >= 4 is 6.29 Å². The predicted octanol–water partition coefficient (Wildman–Crippen LogP) is 4.21. The van der Waals surface area contributed by atoms with Crippen molar-refractivity contribution in [3.8, 4) is 11.8 Å². The van der Waals surface area contributed by atoms with Crippen molar-refractivity contribution < 1.29 is 4.79 Å². The molecule has 96 valence electrons. The van der Waals surface area contributed by atoms with Gasteiger partial charge in [-0.2, -0.15) is 0 Å². The Labute approximate surface area is 106 Å². The minimum atomic E-state index is 0.112. The third kappa shape index (κ3) is 5.39. The smallest absolute Gasteiger partial charge is 0.120 e. The molecule has 1 aliphatic rings. The molecule has 0 aromatic rings. The number of rotatable bonds is 3. The van der Waals surface area contributed by atoms with E-state index in [-0.39, 0.29) is 10.8 Å². The first kappa shape index (κ1) is 14.3. The summed E-state index contributed by atoms with van der Waals surface area (Å²) < 4.78 is 0. The highest BCUT2D eigenvalue weighted by atomic mass is 16.1. The molecular weight excluding hydrogens is 208 g/mol. The lowest BCUT2D eigenvalue weighted by atomic mass is 9.68. The molecule has 0 bridgehead atoms. The summed E-state index contributed by atoms with van der Waals surface area (Å²) in [6, 6.07) is 0. The molecule has 2 atom stereocenters. The summed E-state index contributed by atoms with van der Waals surface area (Å²) in [5.41, 5.74) is 0.356. The van der Waals surface area contributed by atoms with Crippen LogP contribution in [0.3, 0.4) is 0 Å². The minimum Gasteiger partial charge on any atom is -0.303 e. The quantitative estimate of drug-likeness (QED) is 0.528. The lowest BCUT2D eigenvalue weighted by Crippen LogP contribution is -2.26. The topological polar surface area (TPSA) is 17.1 Å². The third-order valence-corrected chi connectivity index (χ3v) is 3.60. The first-order valence-electron chi connectivity index (χ1n) is 6.78. The molecule has 1 unspecified atom stereocenters. The van der Waals surface area contributed by atoms with Gasteiger partial charge in [-0.1, -0.05) is 19.3 Å². The number of hydrogen-bond donors (Lipinski definition) is 0. The fourth-order valence-electron chi connectivity index (χ4n) is 2.74. The number of carbonyl (C=O) groups is 1. The van der Waals surface area contributed by atoms with Crippen molar-refractivity contribution in [1.82, 2.24) is 0 Å². The summed E-state index contributed by atoms with van der Waals surface area (Å²) >= 11 is 0. The van der Waals surface area contributed by atoms with Crippen LogP contribution in [0.15, 0.2) is 0 Å². The molecule has 1 saturated carbocycles. The van der Waals surface area contributed by atoms with Crippen molar-refractivity contribution in [2.75, 3.05) is 0 Å². The molecule has 1 heteroatoms. The van der Waals surface area contributed by atoms with Crippen LogP contribution in [-0.2, 0) is 4.79 Å². The van der Waals surface area contributed by atoms with Gasteiger partial charge in [0.2, 0.25) is 0 Å². The van der Waals surface area contributed by atoms with Crippen LogP contribution in [0.4, 0.5) is 0 Å². The highest BCUT2D eigenvalue weighted by Crippen LogP contribution is 2.42. The largest absolute Gasteiger partial charge is 0.303 e. The standard InChI is InChI=1S/C16H26O/c1-15(2,3)9-5-7-14-8-6-10-16(4,13-14)11-12-17/h12,14H,6-8,10-11,13H2,1-4H3/t14-,16?/m0/s1. The van der Waals surface area contributed by atoms with E-state index in [2.05, 4.69) is 39.5 Å². The van der Waals surface area contributed by atoms with E-state index >= 15 is 0 Å². The van der Waals surface area contributed by atoms with E-state index in [4.69, 9.17) is 0 Å². The van der Waals surface area contributed by atoms with Gasteiger partial charge in [0.25, 0.3) is 0 Å². The molecule has 1 aliphatic carbocycles. The molecule has 0 aromatic heterocycles. The SMILES string of the molecule is CC(C)(C)C#CC[C@H]1CCCC(C)(CC=O)C1. The zero-order valence-corrected chi connectivity index (χ0v) is 11.8. The molecular formula is C16H26O. The van der Waals surface area contributed by atoms with Crippen molar-refractivity contribution in [3.63, 3.8) is 0 Å². The second kappa shape index (κ2) is 5.71. The fourth-order valence-corrected chi connectivity index (χ4v) is 2.74. The van der Waals surface area contributed by atoms with Crippen molar-refractivity contribution in [3.05, 3.63) is 0 Å². The van der Waals surface area contributed by atoms with Gasteiger partial charge >= 0.3 is 0 Å². The molecule has 1 nitrogen and oxygen atoms in total. The molecule has 0 saturated heterocycles. The van der Waals surface area contributed by atoms with E-state index in [9.17, 15) is 4.79 Å². The summed E-state index contributed by atoms with van der Waals surface area (Å²) in [6.45, 7) is 8.71. The predicted molar refractivity (Wildman–Crippen MR) is 72.6 cm³/mol. The lowest BCUT2D eigenvalue weighted by molar-refractivity contribution is -0.110. The molecule has 0 amide bonds. The van der Waals surface area contributed by atoms with Crippen LogP contribution in [0.2, 0.25) is 0 Å². The van der Waals surface area contributed by atoms with Gasteiger partial charge < -0.3 is 4.79 Å². The molecule has 0 aliphatic heterocycles. The average Bonchev–Trinajstić information content (AvgIpc) is 2.15. The first-order valence-corrected chi connectivity index (χ1v) is 6.78. The molecule has 0 radical (unpaired) electrons. The Bertz CT molecular complexity index is 313. The summed E-state index contributed by atoms with van der Waals surface area (Å²) in [7, 11) is 0. The van der Waals surface area contributed by atoms with Gasteiger partial charge in [-0.05, 0) is 51.4 Å². The Morgan fingerprint density at radius 1 is 1.41 bits per heavy atom. The van der Waals surface area contributed by atoms with E-state index < -0.39 is 0 Å². The van der Waals surface area contributed by atoms with Gasteiger partial charge in [0.05, 0.1) is 0 Å². The van der Waals surface area contributed by atoms with Crippen LogP contribution >= 0.6 is 0 Å². The van der Waals surface area contributed by atoms with Crippen LogP contribution in [-0.4, -0.2) is 6.29 Å². The van der Waals surface area contributed by atoms with Crippen LogP contribution in [0, 0.1) is 28.6 Å². The Morgan fingerprint density at radius 2 is 2.12 bits per heavy atom. The van der Waals surface area contributed by atoms with E-state index in [1.165, 1.54) is 25.7 Å². The Hall–Kier alpha value is -0.770. The molecule has 0 aromatic carbocycles. The second-order valence-electron chi connectivity index (χ2n) is 6.90. The summed E-state index contributed by atoms with van der Waals surface area (Å²) in [4.78, 5) is 10.7. The van der Waals surface area contributed by atoms with Crippen molar-refractivity contribution in [1.29, 1.82) is 0 Å². The maximum absolute atomic E-state index is 10.7. The minimum absolute atomic E-state index is 0.112. The molecule has 0 heterocycles. The van der Waals surface area contributed by atoms with Gasteiger partial charge in [-0.15, -0.1) is 5.92 Å². The van der Waals surface area contributed by atoms with Crippen LogP contribution in [0.1, 0.15) is 66.2 Å². The van der Waals surface area contributed by atoms with Gasteiger partial charge in [0.1, 0.15) is 6.29 Å². The highest BCUT2D eigenvalue weighted by Gasteiger charge is 2.31. The van der Waals surface area contributed by atoms with E-state index in [1.807, 2.05) is 0 Å². The van der Waals surface area contributed by atoms with E-state index in [0.29, 0.717) is 5.92 Å². The third-order valence-electron chi connectivity index (χ3n) is 3.60. The lowest BCUT2D eigenvalue weighted by Gasteiger charge is -2.36. The Kier molecular flexibility index (Phi) is 4.80. The fraction of sp³-hybridized carbons (Fsp3) is 0.812. The molecule has 0 N–H and O–H groups in total.